The van der Waals surface area contributed by atoms with E-state index in [2.05, 4.69) is 15.9 Å². The highest BCUT2D eigenvalue weighted by Gasteiger charge is 2.17. The third-order valence-electron chi connectivity index (χ3n) is 4.76. The fourth-order valence-electron chi connectivity index (χ4n) is 3.15. The van der Waals surface area contributed by atoms with Crippen LogP contribution in [0.4, 0.5) is 0 Å². The van der Waals surface area contributed by atoms with Crippen LogP contribution in [0.25, 0.3) is 0 Å². The summed E-state index contributed by atoms with van der Waals surface area (Å²) in [5.74, 6) is 0. The molecule has 0 saturated heterocycles. The Balaban J connectivity index is 1.80. The van der Waals surface area contributed by atoms with E-state index >= 15 is 0 Å². The molecule has 0 unspecified atom stereocenters. The minimum atomic E-state index is -3.48. The molecule has 1 heterocycles. The van der Waals surface area contributed by atoms with Gasteiger partial charge in [-0.05, 0) is 49.4 Å². The van der Waals surface area contributed by atoms with Crippen LogP contribution in [0.3, 0.4) is 0 Å². The second kappa shape index (κ2) is 10.9. The first kappa shape index (κ1) is 21.2. The molecule has 1 aromatic heterocycles. The third-order valence-corrected chi connectivity index (χ3v) is 6.95. The molecule has 2 rings (SSSR count). The molecule has 0 aliphatic carbocycles. The van der Waals surface area contributed by atoms with Crippen LogP contribution >= 0.6 is 15.9 Å². The average molecular weight is 440 g/mol. The molecule has 0 atom stereocenters. The van der Waals surface area contributed by atoms with Gasteiger partial charge in [0.1, 0.15) is 0 Å². The molecule has 0 radical (unpaired) electrons. The Labute approximate surface area is 167 Å². The maximum absolute atomic E-state index is 12.7. The normalized spacial score (nSPS) is 11.8. The number of halogens is 1. The minimum Gasteiger partial charge on any atom is -0.248 e. The summed E-state index contributed by atoms with van der Waals surface area (Å²) in [5, 5.41) is 1.12. The summed E-state index contributed by atoms with van der Waals surface area (Å²) in [6, 6.07) is 8.62. The van der Waals surface area contributed by atoms with E-state index < -0.39 is 10.0 Å². The van der Waals surface area contributed by atoms with E-state index in [0.29, 0.717) is 4.90 Å². The monoisotopic (exact) mass is 439 g/mol. The predicted octanol–water partition coefficient (Wildman–Crippen LogP) is 6.09. The number of hydrogen-bond acceptors (Lipinski definition) is 2. The lowest BCUT2D eigenvalue weighted by molar-refractivity contribution is 0.576. The van der Waals surface area contributed by atoms with Crippen molar-refractivity contribution in [1.82, 2.24) is 3.97 Å². The quantitative estimate of drug-likeness (QED) is 0.296. The van der Waals surface area contributed by atoms with Crippen LogP contribution in [-0.2, 0) is 16.4 Å². The molecule has 0 N–H and O–H groups in total. The zero-order valence-electron chi connectivity index (χ0n) is 15.7. The lowest BCUT2D eigenvalue weighted by Gasteiger charge is -2.05. The van der Waals surface area contributed by atoms with Crippen molar-refractivity contribution in [3.8, 4) is 0 Å². The second-order valence-corrected chi connectivity index (χ2v) is 9.52. The molecule has 0 aliphatic heterocycles. The van der Waals surface area contributed by atoms with Crippen molar-refractivity contribution >= 4 is 26.0 Å². The van der Waals surface area contributed by atoms with Crippen LogP contribution in [0.2, 0.25) is 0 Å². The molecular formula is C21H30BrNO2S. The Morgan fingerprint density at radius 2 is 1.42 bits per heavy atom. The standard InChI is InChI=1S/C21H30BrNO2S/c1-19-17-23(26(24,25)21-14-10-8-11-15-21)18-20(19)13-9-6-4-2-3-5-7-12-16-22/h8,10-11,14-15,17-18H,2-7,9,12-13,16H2,1H3. The van der Waals surface area contributed by atoms with Crippen molar-refractivity contribution in [2.24, 2.45) is 0 Å². The second-order valence-electron chi connectivity index (χ2n) is 6.88. The average Bonchev–Trinajstić information content (AvgIpc) is 3.03. The Morgan fingerprint density at radius 1 is 0.846 bits per heavy atom. The summed E-state index contributed by atoms with van der Waals surface area (Å²) in [7, 11) is -3.48. The van der Waals surface area contributed by atoms with Gasteiger partial charge in [-0.3, -0.25) is 0 Å². The summed E-state index contributed by atoms with van der Waals surface area (Å²) in [6.45, 7) is 2.00. The number of aryl methyl sites for hydroxylation is 2. The van der Waals surface area contributed by atoms with Gasteiger partial charge >= 0.3 is 0 Å². The van der Waals surface area contributed by atoms with E-state index in [1.165, 1.54) is 48.9 Å². The van der Waals surface area contributed by atoms with Gasteiger partial charge < -0.3 is 0 Å². The van der Waals surface area contributed by atoms with Crippen molar-refractivity contribution in [2.75, 3.05) is 5.33 Å². The molecule has 0 spiro atoms. The Bertz CT molecular complexity index is 754. The van der Waals surface area contributed by atoms with E-state index in [9.17, 15) is 8.42 Å². The molecule has 2 aromatic rings. The molecule has 26 heavy (non-hydrogen) atoms. The molecule has 0 saturated carbocycles. The summed E-state index contributed by atoms with van der Waals surface area (Å²) in [5.41, 5.74) is 2.20. The molecule has 144 valence electrons. The molecule has 3 nitrogen and oxygen atoms in total. The molecule has 5 heteroatoms. The molecule has 0 aliphatic rings. The fourth-order valence-corrected chi connectivity index (χ4v) is 4.86. The molecule has 0 fully saturated rings. The number of unbranched alkanes of at least 4 members (excludes halogenated alkanes) is 7. The largest absolute Gasteiger partial charge is 0.267 e. The first-order valence-corrected chi connectivity index (χ1v) is 12.2. The first-order chi connectivity index (χ1) is 12.6. The van der Waals surface area contributed by atoms with Crippen molar-refractivity contribution < 1.29 is 8.42 Å². The number of alkyl halides is 1. The van der Waals surface area contributed by atoms with Crippen molar-refractivity contribution in [3.05, 3.63) is 53.9 Å². The Hall–Kier alpha value is -1.07. The van der Waals surface area contributed by atoms with E-state index in [1.807, 2.05) is 13.0 Å². The van der Waals surface area contributed by atoms with E-state index in [0.717, 1.165) is 29.3 Å². The fraction of sp³-hybridized carbons (Fsp3) is 0.524. The van der Waals surface area contributed by atoms with Gasteiger partial charge in [-0.1, -0.05) is 72.7 Å². The molecule has 1 aromatic carbocycles. The minimum absolute atomic E-state index is 0.335. The molecule has 0 bridgehead atoms. The van der Waals surface area contributed by atoms with E-state index in [-0.39, 0.29) is 0 Å². The SMILES string of the molecule is Cc1cn(S(=O)(=O)c2ccccc2)cc1CCCCCCCCCCBr. The lowest BCUT2D eigenvalue weighted by atomic mass is 10.0. The molecule has 0 amide bonds. The van der Waals surface area contributed by atoms with Gasteiger partial charge in [0.2, 0.25) is 0 Å². The lowest BCUT2D eigenvalue weighted by Crippen LogP contribution is -2.10. The number of hydrogen-bond donors (Lipinski definition) is 0. The van der Waals surface area contributed by atoms with Gasteiger partial charge in [0.05, 0.1) is 4.90 Å². The van der Waals surface area contributed by atoms with Crippen LogP contribution in [0.15, 0.2) is 47.6 Å². The number of nitrogens with zero attached hydrogens (tertiary/aromatic N) is 1. The maximum Gasteiger partial charge on any atom is 0.267 e. The number of aromatic nitrogens is 1. The summed E-state index contributed by atoms with van der Waals surface area (Å²) >= 11 is 3.47. The van der Waals surface area contributed by atoms with Crippen LogP contribution in [0.1, 0.15) is 62.5 Å². The molecular weight excluding hydrogens is 410 g/mol. The van der Waals surface area contributed by atoms with Gasteiger partial charge in [-0.25, -0.2) is 12.4 Å². The van der Waals surface area contributed by atoms with Gasteiger partial charge in [0.15, 0.2) is 0 Å². The smallest absolute Gasteiger partial charge is 0.248 e. The summed E-state index contributed by atoms with van der Waals surface area (Å²) in [6.07, 6.45) is 14.7. The van der Waals surface area contributed by atoms with Crippen LogP contribution in [0.5, 0.6) is 0 Å². The van der Waals surface area contributed by atoms with E-state index in [1.54, 1.807) is 36.7 Å². The van der Waals surface area contributed by atoms with Crippen LogP contribution in [-0.4, -0.2) is 17.7 Å². The van der Waals surface area contributed by atoms with Gasteiger partial charge in [0.25, 0.3) is 10.0 Å². The number of benzene rings is 1. The Kier molecular flexibility index (Phi) is 8.93. The highest BCUT2D eigenvalue weighted by Crippen LogP contribution is 2.20. The van der Waals surface area contributed by atoms with Crippen molar-refractivity contribution in [3.63, 3.8) is 0 Å². The zero-order valence-corrected chi connectivity index (χ0v) is 18.1. The third kappa shape index (κ3) is 6.27. The van der Waals surface area contributed by atoms with Crippen molar-refractivity contribution in [2.45, 2.75) is 69.6 Å². The zero-order chi connectivity index (χ0) is 18.8. The van der Waals surface area contributed by atoms with Crippen LogP contribution < -0.4 is 0 Å². The maximum atomic E-state index is 12.7. The Morgan fingerprint density at radius 3 is 2.04 bits per heavy atom. The summed E-state index contributed by atoms with van der Waals surface area (Å²) in [4.78, 5) is 0.335. The van der Waals surface area contributed by atoms with Gasteiger partial charge in [0, 0.05) is 17.7 Å². The first-order valence-electron chi connectivity index (χ1n) is 9.60. The summed E-state index contributed by atoms with van der Waals surface area (Å²) < 4.78 is 26.7. The van der Waals surface area contributed by atoms with Crippen LogP contribution in [0, 0.1) is 6.92 Å². The van der Waals surface area contributed by atoms with Crippen molar-refractivity contribution in [1.29, 1.82) is 0 Å². The highest BCUT2D eigenvalue weighted by atomic mass is 79.9. The predicted molar refractivity (Wildman–Crippen MR) is 113 cm³/mol. The number of rotatable bonds is 12. The van der Waals surface area contributed by atoms with Gasteiger partial charge in [-0.15, -0.1) is 0 Å². The van der Waals surface area contributed by atoms with E-state index in [4.69, 9.17) is 0 Å². The topological polar surface area (TPSA) is 39.1 Å². The highest BCUT2D eigenvalue weighted by molar-refractivity contribution is 9.09. The van der Waals surface area contributed by atoms with Gasteiger partial charge in [-0.2, -0.15) is 0 Å².